The zero-order valence-electron chi connectivity index (χ0n) is 14.7. The second-order valence-electron chi connectivity index (χ2n) is 7.24. The Morgan fingerprint density at radius 2 is 2.04 bits per heavy atom. The van der Waals surface area contributed by atoms with Crippen molar-refractivity contribution in [2.75, 3.05) is 23.8 Å². The van der Waals surface area contributed by atoms with Crippen molar-refractivity contribution in [3.63, 3.8) is 0 Å². The number of fused-ring (bicyclic) bond motifs is 5. The number of urea groups is 1. The maximum atomic E-state index is 15.3. The molecule has 0 saturated carbocycles. The van der Waals surface area contributed by atoms with Crippen molar-refractivity contribution >= 4 is 40.3 Å². The van der Waals surface area contributed by atoms with Gasteiger partial charge >= 0.3 is 6.03 Å². The summed E-state index contributed by atoms with van der Waals surface area (Å²) in [6.45, 7) is 2.25. The van der Waals surface area contributed by atoms with E-state index in [2.05, 4.69) is 15.8 Å². The molecule has 0 bridgehead atoms. The molecule has 146 valence electrons. The Morgan fingerprint density at radius 3 is 2.75 bits per heavy atom. The van der Waals surface area contributed by atoms with E-state index in [-0.39, 0.29) is 42.0 Å². The Hall–Kier alpha value is -3.21. The number of morpholine rings is 1. The van der Waals surface area contributed by atoms with E-state index >= 15 is 4.39 Å². The Morgan fingerprint density at radius 1 is 1.32 bits per heavy atom. The molecule has 4 heterocycles. The van der Waals surface area contributed by atoms with E-state index < -0.39 is 41.2 Å². The van der Waals surface area contributed by atoms with E-state index in [0.29, 0.717) is 5.56 Å². The molecule has 1 spiro atoms. The fourth-order valence-corrected chi connectivity index (χ4v) is 4.68. The summed E-state index contributed by atoms with van der Waals surface area (Å²) < 4.78 is 26.1. The Labute approximate surface area is 157 Å². The predicted octanol–water partition coefficient (Wildman–Crippen LogP) is 0.0513. The van der Waals surface area contributed by atoms with Crippen molar-refractivity contribution in [1.29, 1.82) is 0 Å². The highest BCUT2D eigenvalue weighted by molar-refractivity contribution is 6.20. The monoisotopic (exact) mass is 389 g/mol. The van der Waals surface area contributed by atoms with Crippen LogP contribution in [-0.2, 0) is 20.7 Å². The van der Waals surface area contributed by atoms with Gasteiger partial charge in [0.15, 0.2) is 17.1 Å². The number of hydrogen-bond donors (Lipinski definition) is 3. The van der Waals surface area contributed by atoms with Crippen LogP contribution < -0.4 is 21.3 Å². The molecule has 10 nitrogen and oxygen atoms in total. The van der Waals surface area contributed by atoms with Crippen molar-refractivity contribution in [3.05, 3.63) is 17.4 Å². The SMILES string of the molecule is CC1OCCN2c3c(cc4c(N)noc4c3F)CC3(C(=O)NC(=O)NC3=O)C12. The van der Waals surface area contributed by atoms with Crippen molar-refractivity contribution in [3.8, 4) is 0 Å². The molecule has 2 unspecified atom stereocenters. The van der Waals surface area contributed by atoms with E-state index in [0.717, 1.165) is 0 Å². The number of carbonyl (C=O) groups is 3. The highest BCUT2D eigenvalue weighted by Gasteiger charge is 2.62. The molecule has 2 saturated heterocycles. The number of imide groups is 2. The molecule has 28 heavy (non-hydrogen) atoms. The maximum absolute atomic E-state index is 15.3. The van der Waals surface area contributed by atoms with Crippen molar-refractivity contribution in [2.45, 2.75) is 25.5 Å². The van der Waals surface area contributed by atoms with E-state index in [1.165, 1.54) is 0 Å². The van der Waals surface area contributed by atoms with Crippen molar-refractivity contribution in [1.82, 2.24) is 15.8 Å². The zero-order chi connectivity index (χ0) is 19.8. The van der Waals surface area contributed by atoms with E-state index in [9.17, 15) is 14.4 Å². The number of rotatable bonds is 0. The molecule has 5 rings (SSSR count). The minimum atomic E-state index is -1.66. The summed E-state index contributed by atoms with van der Waals surface area (Å²) in [5.41, 5.74) is 4.66. The van der Waals surface area contributed by atoms with E-state index in [1.807, 2.05) is 0 Å². The highest BCUT2D eigenvalue weighted by Crippen LogP contribution is 2.48. The summed E-state index contributed by atoms with van der Waals surface area (Å²) in [5, 5.41) is 8.21. The van der Waals surface area contributed by atoms with Gasteiger partial charge in [-0.2, -0.15) is 0 Å². The van der Waals surface area contributed by atoms with Crippen LogP contribution in [0.15, 0.2) is 10.6 Å². The number of carbonyl (C=O) groups excluding carboxylic acids is 3. The van der Waals surface area contributed by atoms with Gasteiger partial charge in [0.1, 0.15) is 0 Å². The van der Waals surface area contributed by atoms with Crippen molar-refractivity contribution < 1.29 is 28.0 Å². The number of anilines is 2. The zero-order valence-corrected chi connectivity index (χ0v) is 14.7. The van der Waals surface area contributed by atoms with Gasteiger partial charge in [-0.25, -0.2) is 9.18 Å². The van der Waals surface area contributed by atoms with Crippen LogP contribution in [0.3, 0.4) is 0 Å². The van der Waals surface area contributed by atoms with Crippen LogP contribution in [0.25, 0.3) is 11.0 Å². The van der Waals surface area contributed by atoms with Gasteiger partial charge in [0.2, 0.25) is 17.4 Å². The standard InChI is InChI=1S/C17H16FN5O5/c1-6-12-17(14(24)20-16(26)21-15(17)25)5-7-4-8-11(28-22-13(8)19)9(18)10(7)23(12)2-3-27-6/h4,6,12H,2-3,5H2,1H3,(H2,19,22)(H2,20,21,24,25,26). The molecule has 1 aromatic carbocycles. The van der Waals surface area contributed by atoms with Crippen LogP contribution in [-0.4, -0.2) is 48.3 Å². The summed E-state index contributed by atoms with van der Waals surface area (Å²) in [5.74, 6) is -2.12. The van der Waals surface area contributed by atoms with Gasteiger partial charge in [-0.05, 0) is 18.6 Å². The molecule has 0 radical (unpaired) electrons. The van der Waals surface area contributed by atoms with Crippen LogP contribution in [0.5, 0.6) is 0 Å². The minimum absolute atomic E-state index is 0.0101. The quantitative estimate of drug-likeness (QED) is 0.537. The molecule has 3 aliphatic rings. The molecule has 1 aromatic heterocycles. The molecular formula is C17H16FN5O5. The van der Waals surface area contributed by atoms with E-state index in [4.69, 9.17) is 15.0 Å². The number of nitrogens with zero attached hydrogens (tertiary/aromatic N) is 2. The lowest BCUT2D eigenvalue weighted by Crippen LogP contribution is -2.74. The Balaban J connectivity index is 1.79. The number of benzene rings is 1. The maximum Gasteiger partial charge on any atom is 0.328 e. The number of nitrogens with two attached hydrogens (primary N) is 1. The fourth-order valence-electron chi connectivity index (χ4n) is 4.68. The first kappa shape index (κ1) is 16.9. The molecule has 2 atom stereocenters. The summed E-state index contributed by atoms with van der Waals surface area (Å²) >= 11 is 0. The molecule has 4 amide bonds. The minimum Gasteiger partial charge on any atom is -0.380 e. The molecule has 3 aliphatic heterocycles. The number of nitrogen functional groups attached to an aromatic ring is 1. The third-order valence-corrected chi connectivity index (χ3v) is 5.81. The number of nitrogens with one attached hydrogen (secondary N) is 2. The van der Waals surface area contributed by atoms with Crippen LogP contribution >= 0.6 is 0 Å². The molecule has 2 fully saturated rings. The molecular weight excluding hydrogens is 373 g/mol. The van der Waals surface area contributed by atoms with Crippen LogP contribution in [0.2, 0.25) is 0 Å². The number of barbiturate groups is 1. The molecule has 2 aromatic rings. The van der Waals surface area contributed by atoms with E-state index in [1.54, 1.807) is 17.9 Å². The summed E-state index contributed by atoms with van der Waals surface area (Å²) in [6.07, 6.45) is -0.693. The van der Waals surface area contributed by atoms with Gasteiger partial charge in [0.25, 0.3) is 0 Å². The number of aromatic nitrogens is 1. The second-order valence-corrected chi connectivity index (χ2v) is 7.24. The number of ether oxygens (including phenoxy) is 1. The Kier molecular flexibility index (Phi) is 3.27. The summed E-state index contributed by atoms with van der Waals surface area (Å²) in [4.78, 5) is 39.2. The van der Waals surface area contributed by atoms with Gasteiger partial charge in [-0.15, -0.1) is 0 Å². The van der Waals surface area contributed by atoms with Gasteiger partial charge < -0.3 is 19.9 Å². The molecule has 4 N–H and O–H groups in total. The average Bonchev–Trinajstić information content (AvgIpc) is 3.00. The van der Waals surface area contributed by atoms with Gasteiger partial charge in [-0.3, -0.25) is 20.2 Å². The van der Waals surface area contributed by atoms with Gasteiger partial charge in [-0.1, -0.05) is 5.16 Å². The topological polar surface area (TPSA) is 140 Å². The highest BCUT2D eigenvalue weighted by atomic mass is 19.1. The lowest BCUT2D eigenvalue weighted by molar-refractivity contribution is -0.151. The smallest absolute Gasteiger partial charge is 0.328 e. The predicted molar refractivity (Wildman–Crippen MR) is 92.7 cm³/mol. The number of halogens is 1. The lowest BCUT2D eigenvalue weighted by Gasteiger charge is -2.54. The van der Waals surface area contributed by atoms with Crippen LogP contribution in [0.1, 0.15) is 12.5 Å². The normalized spacial score (nSPS) is 26.1. The largest absolute Gasteiger partial charge is 0.380 e. The Bertz CT molecular complexity index is 1050. The first-order chi connectivity index (χ1) is 13.3. The van der Waals surface area contributed by atoms with Crippen LogP contribution in [0.4, 0.5) is 20.7 Å². The average molecular weight is 389 g/mol. The molecule has 11 heteroatoms. The van der Waals surface area contributed by atoms with Crippen molar-refractivity contribution in [2.24, 2.45) is 5.41 Å². The second kappa shape index (κ2) is 5.41. The summed E-state index contributed by atoms with van der Waals surface area (Å²) in [7, 11) is 0. The molecule has 0 aliphatic carbocycles. The lowest BCUT2D eigenvalue weighted by atomic mass is 9.66. The van der Waals surface area contributed by atoms with Gasteiger partial charge in [0.05, 0.1) is 29.8 Å². The first-order valence-corrected chi connectivity index (χ1v) is 8.76. The number of hydrogen-bond acceptors (Lipinski definition) is 8. The third kappa shape index (κ3) is 1.93. The van der Waals surface area contributed by atoms with Crippen LogP contribution in [0, 0.1) is 11.2 Å². The fraction of sp³-hybridized carbons (Fsp3) is 0.412. The third-order valence-electron chi connectivity index (χ3n) is 5.81. The first-order valence-electron chi connectivity index (χ1n) is 8.76. The van der Waals surface area contributed by atoms with Gasteiger partial charge in [0, 0.05) is 13.0 Å². The number of amides is 4. The summed E-state index contributed by atoms with van der Waals surface area (Å²) in [6, 6.07) is -0.115.